The van der Waals surface area contributed by atoms with E-state index in [9.17, 15) is 4.79 Å². The molecule has 1 fully saturated rings. The van der Waals surface area contributed by atoms with Crippen molar-refractivity contribution in [3.05, 3.63) is 16.1 Å². The minimum Gasteiger partial charge on any atom is -0.332 e. The number of hydrogen-bond donors (Lipinski definition) is 1. The van der Waals surface area contributed by atoms with E-state index in [4.69, 9.17) is 0 Å². The molecule has 0 aromatic carbocycles. The summed E-state index contributed by atoms with van der Waals surface area (Å²) in [6.07, 6.45) is 0. The van der Waals surface area contributed by atoms with Crippen molar-refractivity contribution >= 4 is 42.1 Å². The minimum atomic E-state index is 0. The third-order valence-electron chi connectivity index (χ3n) is 3.13. The molecule has 1 aromatic rings. The summed E-state index contributed by atoms with van der Waals surface area (Å²) in [6, 6.07) is 0.242. The highest BCUT2D eigenvalue weighted by Gasteiger charge is 2.27. The Morgan fingerprint density at radius 1 is 1.45 bits per heavy atom. The van der Waals surface area contributed by atoms with Gasteiger partial charge in [0, 0.05) is 36.5 Å². The molecule has 2 heterocycles. The molecule has 0 bridgehead atoms. The normalized spacial score (nSPS) is 19.0. The number of aromatic nitrogens is 1. The van der Waals surface area contributed by atoms with E-state index >= 15 is 0 Å². The van der Waals surface area contributed by atoms with Crippen LogP contribution in [0.5, 0.6) is 0 Å². The maximum atomic E-state index is 12.4. The molecule has 0 spiro atoms. The molecule has 4 nitrogen and oxygen atoms in total. The van der Waals surface area contributed by atoms with Crippen molar-refractivity contribution < 1.29 is 4.79 Å². The Kier molecular flexibility index (Phi) is 7.46. The molecule has 1 atom stereocenters. The number of amides is 1. The predicted octanol–water partition coefficient (Wildman–Crippen LogP) is 2.72. The second-order valence-electron chi connectivity index (χ2n) is 5.84. The quantitative estimate of drug-likeness (QED) is 0.855. The number of nitrogens with one attached hydrogen (secondary N) is 1. The molecule has 1 saturated heterocycles. The smallest absolute Gasteiger partial charge is 0.273 e. The Bertz CT molecular complexity index is 445. The first-order chi connectivity index (χ1) is 8.39. The highest BCUT2D eigenvalue weighted by atomic mass is 35.5. The van der Waals surface area contributed by atoms with Gasteiger partial charge in [0.15, 0.2) is 0 Å². The minimum absolute atomic E-state index is 0. The molecule has 1 N–H and O–H groups in total. The fourth-order valence-electron chi connectivity index (χ4n) is 2.01. The molecule has 0 radical (unpaired) electrons. The van der Waals surface area contributed by atoms with E-state index in [0.717, 1.165) is 24.6 Å². The molecule has 1 aliphatic heterocycles. The predicted molar refractivity (Wildman–Crippen MR) is 88.7 cm³/mol. The summed E-state index contributed by atoms with van der Waals surface area (Å²) in [5.74, 6) is 0.0655. The van der Waals surface area contributed by atoms with E-state index in [0.29, 0.717) is 5.69 Å². The topological polar surface area (TPSA) is 45.2 Å². The van der Waals surface area contributed by atoms with Gasteiger partial charge in [0.05, 0.1) is 5.01 Å². The molecule has 1 amide bonds. The number of thiazole rings is 1. The lowest BCUT2D eigenvalue weighted by Crippen LogP contribution is -2.52. The maximum Gasteiger partial charge on any atom is 0.273 e. The molecule has 0 aliphatic carbocycles. The van der Waals surface area contributed by atoms with Gasteiger partial charge in [-0.05, 0) is 6.92 Å². The Morgan fingerprint density at radius 2 is 2.10 bits per heavy atom. The fourth-order valence-corrected chi connectivity index (χ4v) is 2.89. The van der Waals surface area contributed by atoms with E-state index < -0.39 is 0 Å². The van der Waals surface area contributed by atoms with Crippen LogP contribution in [0.2, 0.25) is 0 Å². The Labute approximate surface area is 137 Å². The molecular formula is C13H23Cl2N3OS. The van der Waals surface area contributed by atoms with Crippen LogP contribution in [0.1, 0.15) is 43.2 Å². The lowest BCUT2D eigenvalue weighted by Gasteiger charge is -2.33. The average molecular weight is 340 g/mol. The van der Waals surface area contributed by atoms with Crippen molar-refractivity contribution in [3.8, 4) is 0 Å². The zero-order valence-corrected chi connectivity index (χ0v) is 14.8. The number of rotatable bonds is 1. The van der Waals surface area contributed by atoms with E-state index in [1.54, 1.807) is 11.3 Å². The second-order valence-corrected chi connectivity index (χ2v) is 6.70. The van der Waals surface area contributed by atoms with Crippen molar-refractivity contribution in [2.45, 2.75) is 39.2 Å². The number of nitrogens with zero attached hydrogens (tertiary/aromatic N) is 2. The summed E-state index contributed by atoms with van der Waals surface area (Å²) in [6.45, 7) is 10.9. The van der Waals surface area contributed by atoms with Crippen LogP contribution in [-0.4, -0.2) is 41.5 Å². The lowest BCUT2D eigenvalue weighted by molar-refractivity contribution is 0.0650. The molecule has 0 unspecified atom stereocenters. The monoisotopic (exact) mass is 339 g/mol. The first-order valence-electron chi connectivity index (χ1n) is 6.37. The van der Waals surface area contributed by atoms with Crippen LogP contribution in [-0.2, 0) is 5.41 Å². The van der Waals surface area contributed by atoms with Gasteiger partial charge >= 0.3 is 0 Å². The SMILES string of the molecule is C[C@@H]1CNCCN1C(=O)c1csc(C(C)(C)C)n1.Cl.Cl. The van der Waals surface area contributed by atoms with Gasteiger partial charge in [-0.15, -0.1) is 36.2 Å². The third-order valence-corrected chi connectivity index (χ3v) is 4.40. The molecule has 7 heteroatoms. The van der Waals surface area contributed by atoms with Gasteiger partial charge in [0.1, 0.15) is 5.69 Å². The molecular weight excluding hydrogens is 317 g/mol. The van der Waals surface area contributed by atoms with Crippen LogP contribution in [0.3, 0.4) is 0 Å². The number of hydrogen-bond acceptors (Lipinski definition) is 4. The number of carbonyl (C=O) groups excluding carboxylic acids is 1. The molecule has 1 aliphatic rings. The van der Waals surface area contributed by atoms with Gasteiger partial charge in [0.2, 0.25) is 0 Å². The van der Waals surface area contributed by atoms with Crippen LogP contribution in [0.15, 0.2) is 5.38 Å². The molecule has 1 aromatic heterocycles. The number of piperazine rings is 1. The summed E-state index contributed by atoms with van der Waals surface area (Å²) < 4.78 is 0. The van der Waals surface area contributed by atoms with E-state index in [1.165, 1.54) is 0 Å². The number of carbonyl (C=O) groups is 1. The van der Waals surface area contributed by atoms with Gasteiger partial charge in [0.25, 0.3) is 5.91 Å². The zero-order valence-electron chi connectivity index (χ0n) is 12.3. The summed E-state index contributed by atoms with van der Waals surface area (Å²) in [4.78, 5) is 18.8. The molecule has 20 heavy (non-hydrogen) atoms. The van der Waals surface area contributed by atoms with Gasteiger partial charge in [-0.1, -0.05) is 20.8 Å². The van der Waals surface area contributed by atoms with E-state index in [1.807, 2.05) is 10.3 Å². The van der Waals surface area contributed by atoms with Crippen LogP contribution < -0.4 is 5.32 Å². The van der Waals surface area contributed by atoms with E-state index in [-0.39, 0.29) is 42.2 Å². The van der Waals surface area contributed by atoms with Crippen LogP contribution in [0.4, 0.5) is 0 Å². The van der Waals surface area contributed by atoms with Crippen molar-refractivity contribution in [1.29, 1.82) is 0 Å². The first-order valence-corrected chi connectivity index (χ1v) is 7.25. The van der Waals surface area contributed by atoms with Gasteiger partial charge < -0.3 is 10.2 Å². The van der Waals surface area contributed by atoms with Crippen molar-refractivity contribution in [3.63, 3.8) is 0 Å². The van der Waals surface area contributed by atoms with Gasteiger partial charge in [-0.25, -0.2) is 4.98 Å². The Balaban J connectivity index is 0.00000180. The van der Waals surface area contributed by atoms with Crippen LogP contribution in [0.25, 0.3) is 0 Å². The Hall–Kier alpha value is -0.360. The van der Waals surface area contributed by atoms with Gasteiger partial charge in [-0.2, -0.15) is 0 Å². The van der Waals surface area contributed by atoms with Crippen molar-refractivity contribution in [1.82, 2.24) is 15.2 Å². The summed E-state index contributed by atoms with van der Waals surface area (Å²) >= 11 is 1.58. The highest BCUT2D eigenvalue weighted by Crippen LogP contribution is 2.26. The van der Waals surface area contributed by atoms with Crippen molar-refractivity contribution in [2.24, 2.45) is 0 Å². The Morgan fingerprint density at radius 3 is 2.60 bits per heavy atom. The van der Waals surface area contributed by atoms with Crippen molar-refractivity contribution in [2.75, 3.05) is 19.6 Å². The van der Waals surface area contributed by atoms with Crippen LogP contribution >= 0.6 is 36.2 Å². The zero-order chi connectivity index (χ0) is 13.3. The van der Waals surface area contributed by atoms with E-state index in [2.05, 4.69) is 38.0 Å². The third kappa shape index (κ3) is 4.32. The number of halogens is 2. The standard InChI is InChI=1S/C13H21N3OS.2ClH/c1-9-7-14-5-6-16(9)11(17)10-8-18-12(15-10)13(2,3)4;;/h8-9,14H,5-7H2,1-4H3;2*1H/t9-;;/m1../s1. The lowest BCUT2D eigenvalue weighted by atomic mass is 9.98. The molecule has 2 rings (SSSR count). The second kappa shape index (κ2) is 7.59. The highest BCUT2D eigenvalue weighted by molar-refractivity contribution is 7.10. The largest absolute Gasteiger partial charge is 0.332 e. The average Bonchev–Trinajstić information content (AvgIpc) is 2.77. The summed E-state index contributed by atoms with van der Waals surface area (Å²) in [7, 11) is 0. The molecule has 0 saturated carbocycles. The first kappa shape index (κ1) is 19.6. The van der Waals surface area contributed by atoms with Gasteiger partial charge in [-0.3, -0.25) is 4.79 Å². The summed E-state index contributed by atoms with van der Waals surface area (Å²) in [5.41, 5.74) is 0.608. The van der Waals surface area contributed by atoms with Crippen LogP contribution in [0, 0.1) is 0 Å². The maximum absolute atomic E-state index is 12.4. The fraction of sp³-hybridized carbons (Fsp3) is 0.692. The molecule has 116 valence electrons. The summed E-state index contributed by atoms with van der Waals surface area (Å²) in [5, 5.41) is 6.20.